The predicted molar refractivity (Wildman–Crippen MR) is 105 cm³/mol. The maximum Gasteiger partial charge on any atom is 0.319 e. The van der Waals surface area contributed by atoms with Crippen LogP contribution in [0.2, 0.25) is 0 Å². The van der Waals surface area contributed by atoms with Gasteiger partial charge in [-0.25, -0.2) is 0 Å². The number of hydrogen-bond donors (Lipinski definition) is 4. The van der Waals surface area contributed by atoms with Gasteiger partial charge in [-0.3, -0.25) is 24.8 Å². The molecule has 0 radical (unpaired) electrons. The highest BCUT2D eigenvalue weighted by Gasteiger charge is 2.24. The molecule has 0 spiro atoms. The quantitative estimate of drug-likeness (QED) is 0.146. The van der Waals surface area contributed by atoms with Crippen molar-refractivity contribution in [3.63, 3.8) is 0 Å². The molecule has 0 atom stereocenters. The summed E-state index contributed by atoms with van der Waals surface area (Å²) >= 11 is 0. The van der Waals surface area contributed by atoms with Crippen LogP contribution in [0, 0.1) is 20.2 Å². The van der Waals surface area contributed by atoms with Crippen LogP contribution in [-0.4, -0.2) is 33.0 Å². The molecule has 15 heteroatoms. The molecule has 0 aromatic heterocycles. The Labute approximate surface area is 171 Å². The lowest BCUT2D eigenvalue weighted by atomic mass is 10.1. The van der Waals surface area contributed by atoms with E-state index in [1.165, 1.54) is 6.07 Å². The number of nitro groups is 2. The van der Waals surface area contributed by atoms with E-state index in [2.05, 4.69) is 10.2 Å². The molecular formula is C16H11N5O9S. The van der Waals surface area contributed by atoms with Gasteiger partial charge in [0, 0.05) is 17.1 Å². The van der Waals surface area contributed by atoms with Gasteiger partial charge in [0.25, 0.3) is 15.8 Å². The molecule has 5 N–H and O–H groups in total. The number of non-ortho nitro benzene ring substituents is 1. The van der Waals surface area contributed by atoms with E-state index in [1.807, 2.05) is 0 Å². The maximum absolute atomic E-state index is 11.5. The van der Waals surface area contributed by atoms with Gasteiger partial charge in [0.1, 0.15) is 16.3 Å². The zero-order chi connectivity index (χ0) is 23.1. The molecular weight excluding hydrogens is 438 g/mol. The monoisotopic (exact) mass is 449 g/mol. The van der Waals surface area contributed by atoms with Gasteiger partial charge in [0.2, 0.25) is 5.75 Å². The van der Waals surface area contributed by atoms with E-state index in [0.717, 1.165) is 24.3 Å². The van der Waals surface area contributed by atoms with Gasteiger partial charge in [0.15, 0.2) is 5.75 Å². The van der Waals surface area contributed by atoms with E-state index >= 15 is 0 Å². The smallest absolute Gasteiger partial charge is 0.319 e. The first-order valence-corrected chi connectivity index (χ1v) is 9.45. The molecule has 0 fully saturated rings. The van der Waals surface area contributed by atoms with E-state index in [9.17, 15) is 43.4 Å². The second-order valence-corrected chi connectivity index (χ2v) is 7.42. The second-order valence-electron chi connectivity index (χ2n) is 6.03. The Balaban J connectivity index is 2.19. The number of rotatable bonds is 5. The number of azo groups is 1. The summed E-state index contributed by atoms with van der Waals surface area (Å²) in [5.74, 6) is -1.64. The highest BCUT2D eigenvalue weighted by Crippen LogP contribution is 2.43. The van der Waals surface area contributed by atoms with Crippen LogP contribution in [0.4, 0.5) is 28.4 Å². The highest BCUT2D eigenvalue weighted by molar-refractivity contribution is 7.86. The van der Waals surface area contributed by atoms with Gasteiger partial charge < -0.3 is 15.9 Å². The van der Waals surface area contributed by atoms with Gasteiger partial charge in [-0.15, -0.1) is 10.2 Å². The number of nitrogens with two attached hydrogens (primary N) is 1. The number of fused-ring (bicyclic) bond motifs is 1. The van der Waals surface area contributed by atoms with Crippen molar-refractivity contribution in [2.75, 3.05) is 5.73 Å². The predicted octanol–water partition coefficient (Wildman–Crippen LogP) is 3.31. The standard InChI is InChI=1S/C16H11N5O9S/c17-9-2-4-13(31(28,29)30)8-1-3-10(16(23)14(8)9)18-19-11-5-7(20(24)25)6-12(15(11)22)21(26)27/h1-6,22-23H,17H2,(H,28,29,30). The number of nitro benzene ring substituents is 2. The van der Waals surface area contributed by atoms with E-state index < -0.39 is 53.4 Å². The Kier molecular flexibility index (Phi) is 5.14. The summed E-state index contributed by atoms with van der Waals surface area (Å²) in [7, 11) is -4.64. The first-order valence-electron chi connectivity index (χ1n) is 8.01. The Bertz CT molecular complexity index is 1400. The maximum atomic E-state index is 11.5. The van der Waals surface area contributed by atoms with E-state index in [4.69, 9.17) is 5.73 Å². The van der Waals surface area contributed by atoms with Gasteiger partial charge in [-0.2, -0.15) is 8.42 Å². The number of hydrogen-bond acceptors (Lipinski definition) is 11. The van der Waals surface area contributed by atoms with E-state index in [1.54, 1.807) is 0 Å². The van der Waals surface area contributed by atoms with Crippen LogP contribution >= 0.6 is 0 Å². The molecule has 0 aliphatic heterocycles. The van der Waals surface area contributed by atoms with Crippen LogP contribution < -0.4 is 5.73 Å². The lowest BCUT2D eigenvalue weighted by Gasteiger charge is -2.09. The average molecular weight is 449 g/mol. The van der Waals surface area contributed by atoms with E-state index in [-0.39, 0.29) is 22.1 Å². The fourth-order valence-corrected chi connectivity index (χ4v) is 3.43. The minimum absolute atomic E-state index is 0.0641. The van der Waals surface area contributed by atoms with Crippen LogP contribution in [0.15, 0.2) is 51.5 Å². The third kappa shape index (κ3) is 3.89. The van der Waals surface area contributed by atoms with Crippen molar-refractivity contribution in [2.45, 2.75) is 4.90 Å². The SMILES string of the molecule is Nc1ccc(S(=O)(=O)O)c2ccc(N=Nc3cc([N+](=O)[O-])cc([N+](=O)[O-])c3O)c(O)c12. The summed E-state index contributed by atoms with van der Waals surface area (Å²) in [6, 6.07) is 5.70. The van der Waals surface area contributed by atoms with Crippen molar-refractivity contribution < 1.29 is 33.0 Å². The molecule has 0 saturated heterocycles. The second kappa shape index (κ2) is 7.47. The summed E-state index contributed by atoms with van der Waals surface area (Å²) in [5.41, 5.74) is 3.07. The number of nitrogens with zero attached hydrogens (tertiary/aromatic N) is 4. The highest BCUT2D eigenvalue weighted by atomic mass is 32.2. The number of benzene rings is 3. The summed E-state index contributed by atoms with van der Waals surface area (Å²) in [6.07, 6.45) is 0. The minimum Gasteiger partial charge on any atom is -0.505 e. The van der Waals surface area contributed by atoms with Crippen molar-refractivity contribution >= 4 is 49.3 Å². The van der Waals surface area contributed by atoms with Crippen LogP contribution in [0.5, 0.6) is 11.5 Å². The first-order chi connectivity index (χ1) is 14.4. The molecule has 160 valence electrons. The molecule has 0 unspecified atom stereocenters. The van der Waals surface area contributed by atoms with Crippen molar-refractivity contribution in [3.05, 3.63) is 56.6 Å². The summed E-state index contributed by atoms with van der Waals surface area (Å²) in [5, 5.41) is 49.2. The summed E-state index contributed by atoms with van der Waals surface area (Å²) in [4.78, 5) is 19.5. The number of nitrogen functional groups attached to an aromatic ring is 1. The molecule has 0 aliphatic carbocycles. The number of phenols is 2. The zero-order valence-corrected chi connectivity index (χ0v) is 15.8. The van der Waals surface area contributed by atoms with Crippen molar-refractivity contribution in [2.24, 2.45) is 10.2 Å². The Morgan fingerprint density at radius 2 is 1.55 bits per heavy atom. The van der Waals surface area contributed by atoms with Crippen molar-refractivity contribution in [3.8, 4) is 11.5 Å². The molecule has 3 rings (SSSR count). The van der Waals surface area contributed by atoms with Crippen LogP contribution in [0.3, 0.4) is 0 Å². The largest absolute Gasteiger partial charge is 0.505 e. The van der Waals surface area contributed by atoms with Crippen LogP contribution in [0.1, 0.15) is 0 Å². The summed E-state index contributed by atoms with van der Waals surface area (Å²) in [6.45, 7) is 0. The zero-order valence-electron chi connectivity index (χ0n) is 15.0. The van der Waals surface area contributed by atoms with Crippen LogP contribution in [-0.2, 0) is 10.1 Å². The molecule has 0 bridgehead atoms. The molecule has 14 nitrogen and oxygen atoms in total. The molecule has 31 heavy (non-hydrogen) atoms. The molecule has 0 saturated carbocycles. The third-order valence-corrected chi connectivity index (χ3v) is 5.04. The van der Waals surface area contributed by atoms with Crippen molar-refractivity contribution in [1.29, 1.82) is 0 Å². The molecule has 0 heterocycles. The Hall–Kier alpha value is -4.37. The minimum atomic E-state index is -4.64. The number of phenolic OH excluding ortho intramolecular Hbond substituents is 2. The average Bonchev–Trinajstić information content (AvgIpc) is 2.67. The summed E-state index contributed by atoms with van der Waals surface area (Å²) < 4.78 is 32.4. The first kappa shape index (κ1) is 21.3. The molecule has 0 aliphatic rings. The fraction of sp³-hybridized carbons (Fsp3) is 0. The van der Waals surface area contributed by atoms with Crippen LogP contribution in [0.25, 0.3) is 10.8 Å². The third-order valence-electron chi connectivity index (χ3n) is 4.13. The molecule has 0 amide bonds. The topological polar surface area (TPSA) is 232 Å². The molecule has 3 aromatic rings. The van der Waals surface area contributed by atoms with Gasteiger partial charge in [0.05, 0.1) is 21.3 Å². The fourth-order valence-electron chi connectivity index (χ4n) is 2.74. The van der Waals surface area contributed by atoms with Crippen molar-refractivity contribution in [1.82, 2.24) is 0 Å². The Morgan fingerprint density at radius 1 is 0.903 bits per heavy atom. The normalized spacial score (nSPS) is 11.8. The van der Waals surface area contributed by atoms with Gasteiger partial charge in [-0.05, 0) is 18.2 Å². The van der Waals surface area contributed by atoms with Gasteiger partial charge >= 0.3 is 5.69 Å². The van der Waals surface area contributed by atoms with E-state index in [0.29, 0.717) is 6.07 Å². The molecule has 3 aromatic carbocycles. The lowest BCUT2D eigenvalue weighted by Crippen LogP contribution is -2.00. The van der Waals surface area contributed by atoms with Gasteiger partial charge in [-0.1, -0.05) is 6.07 Å². The lowest BCUT2D eigenvalue weighted by molar-refractivity contribution is -0.394. The number of aromatic hydroxyl groups is 2. The Morgan fingerprint density at radius 3 is 2.13 bits per heavy atom. The number of anilines is 1.